The SMILES string of the molecule is CC(C)(C)OC(=O)N1CCN([C@H]2c3ccc(Cl)cc3C(Br)=Cc3cc(Cl)cnc32)CC1. The van der Waals surface area contributed by atoms with Crippen LogP contribution in [0.3, 0.4) is 0 Å². The molecule has 1 aromatic carbocycles. The van der Waals surface area contributed by atoms with E-state index in [0.717, 1.165) is 26.9 Å². The van der Waals surface area contributed by atoms with E-state index in [0.29, 0.717) is 36.2 Å². The molecule has 2 aromatic rings. The summed E-state index contributed by atoms with van der Waals surface area (Å²) in [6, 6.07) is 7.79. The maximum absolute atomic E-state index is 12.5. The van der Waals surface area contributed by atoms with Crippen LogP contribution in [0, 0.1) is 0 Å². The Morgan fingerprint density at radius 1 is 1.13 bits per heavy atom. The predicted molar refractivity (Wildman–Crippen MR) is 129 cm³/mol. The Kier molecular flexibility index (Phi) is 6.37. The number of pyridine rings is 1. The second kappa shape index (κ2) is 8.74. The third kappa shape index (κ3) is 4.92. The van der Waals surface area contributed by atoms with E-state index in [1.54, 1.807) is 11.1 Å². The molecular weight excluding hydrogens is 501 g/mol. The van der Waals surface area contributed by atoms with Gasteiger partial charge in [0.05, 0.1) is 16.8 Å². The second-order valence-corrected chi connectivity index (χ2v) is 10.5. The first-order valence-corrected chi connectivity index (χ1v) is 11.7. The number of hydrogen-bond donors (Lipinski definition) is 0. The molecule has 1 fully saturated rings. The molecule has 8 heteroatoms. The van der Waals surface area contributed by atoms with Crippen LogP contribution in [0.1, 0.15) is 49.2 Å². The summed E-state index contributed by atoms with van der Waals surface area (Å²) >= 11 is 16.3. The Morgan fingerprint density at radius 2 is 1.84 bits per heavy atom. The minimum Gasteiger partial charge on any atom is -0.444 e. The smallest absolute Gasteiger partial charge is 0.410 e. The Balaban J connectivity index is 1.67. The van der Waals surface area contributed by atoms with Gasteiger partial charge >= 0.3 is 6.09 Å². The summed E-state index contributed by atoms with van der Waals surface area (Å²) in [5, 5.41) is 1.27. The van der Waals surface area contributed by atoms with Gasteiger partial charge in [0, 0.05) is 47.4 Å². The fourth-order valence-electron chi connectivity index (χ4n) is 4.00. The van der Waals surface area contributed by atoms with Crippen LogP contribution in [-0.2, 0) is 4.74 Å². The van der Waals surface area contributed by atoms with E-state index < -0.39 is 5.60 Å². The van der Waals surface area contributed by atoms with Crippen molar-refractivity contribution in [3.05, 3.63) is 62.9 Å². The van der Waals surface area contributed by atoms with Gasteiger partial charge in [-0.25, -0.2) is 4.79 Å². The largest absolute Gasteiger partial charge is 0.444 e. The number of nitrogens with zero attached hydrogens (tertiary/aromatic N) is 3. The molecule has 2 heterocycles. The monoisotopic (exact) mass is 523 g/mol. The molecule has 4 rings (SSSR count). The summed E-state index contributed by atoms with van der Waals surface area (Å²) in [6.07, 6.45) is 3.46. The first-order chi connectivity index (χ1) is 14.6. The molecule has 0 N–H and O–H groups in total. The van der Waals surface area contributed by atoms with Crippen molar-refractivity contribution in [2.75, 3.05) is 26.2 Å². The number of carbonyl (C=O) groups excluding carboxylic acids is 1. The standard InChI is InChI=1S/C23H24BrCl2N3O2/c1-23(2,3)31-22(30)29-8-6-28(7-9-29)21-17-5-4-15(25)12-18(17)19(24)11-14-10-16(26)13-27-20(14)21/h4-5,10-13,21H,6-9H2,1-3H3/t21-/m0/s1. The van der Waals surface area contributed by atoms with Crippen molar-refractivity contribution in [1.29, 1.82) is 0 Å². The highest BCUT2D eigenvalue weighted by atomic mass is 79.9. The summed E-state index contributed by atoms with van der Waals surface area (Å²) in [4.78, 5) is 21.3. The lowest BCUT2D eigenvalue weighted by molar-refractivity contribution is 0.0118. The molecule has 0 unspecified atom stereocenters. The minimum absolute atomic E-state index is 0.0772. The molecule has 1 aromatic heterocycles. The number of rotatable bonds is 1. The topological polar surface area (TPSA) is 45.7 Å². The molecule has 1 atom stereocenters. The summed E-state index contributed by atoms with van der Waals surface area (Å²) in [7, 11) is 0. The predicted octanol–water partition coefficient (Wildman–Crippen LogP) is 6.24. The van der Waals surface area contributed by atoms with Crippen molar-refractivity contribution >= 4 is 55.8 Å². The third-order valence-corrected chi connectivity index (χ3v) is 6.45. The van der Waals surface area contributed by atoms with Gasteiger partial charge in [-0.3, -0.25) is 9.88 Å². The van der Waals surface area contributed by atoms with Crippen LogP contribution in [0.2, 0.25) is 10.0 Å². The summed E-state index contributed by atoms with van der Waals surface area (Å²) in [5.41, 5.74) is 3.54. The fraction of sp³-hybridized carbons (Fsp3) is 0.391. The van der Waals surface area contributed by atoms with Crippen LogP contribution >= 0.6 is 39.1 Å². The van der Waals surface area contributed by atoms with Crippen molar-refractivity contribution in [3.8, 4) is 0 Å². The van der Waals surface area contributed by atoms with E-state index in [2.05, 4.69) is 26.9 Å². The lowest BCUT2D eigenvalue weighted by Gasteiger charge is -2.40. The number of fused-ring (bicyclic) bond motifs is 2. The molecular formula is C23H24BrCl2N3O2. The first-order valence-electron chi connectivity index (χ1n) is 10.2. The normalized spacial score (nSPS) is 19.2. The zero-order valence-electron chi connectivity index (χ0n) is 17.7. The molecule has 1 aliphatic carbocycles. The maximum Gasteiger partial charge on any atom is 0.410 e. The Morgan fingerprint density at radius 3 is 2.52 bits per heavy atom. The fourth-order valence-corrected chi connectivity index (χ4v) is 4.93. The van der Waals surface area contributed by atoms with Gasteiger partial charge in [-0.15, -0.1) is 0 Å². The lowest BCUT2D eigenvalue weighted by atomic mass is 9.96. The van der Waals surface area contributed by atoms with Crippen LogP contribution in [0.4, 0.5) is 4.79 Å². The molecule has 0 radical (unpaired) electrons. The molecule has 0 spiro atoms. The van der Waals surface area contributed by atoms with Gasteiger partial charge in [0.15, 0.2) is 0 Å². The molecule has 164 valence electrons. The van der Waals surface area contributed by atoms with E-state index in [4.69, 9.17) is 32.9 Å². The number of benzene rings is 1. The van der Waals surface area contributed by atoms with Crippen LogP contribution < -0.4 is 0 Å². The average molecular weight is 525 g/mol. The Bertz CT molecular complexity index is 1040. The van der Waals surface area contributed by atoms with Gasteiger partial charge < -0.3 is 9.64 Å². The van der Waals surface area contributed by atoms with E-state index in [1.165, 1.54) is 0 Å². The molecule has 1 amide bonds. The number of piperazine rings is 1. The van der Waals surface area contributed by atoms with Crippen molar-refractivity contribution in [1.82, 2.24) is 14.8 Å². The molecule has 0 bridgehead atoms. The van der Waals surface area contributed by atoms with E-state index in [1.807, 2.05) is 45.0 Å². The van der Waals surface area contributed by atoms with Crippen molar-refractivity contribution in [2.24, 2.45) is 0 Å². The van der Waals surface area contributed by atoms with Crippen LogP contribution in [0.5, 0.6) is 0 Å². The highest BCUT2D eigenvalue weighted by Gasteiger charge is 2.34. The molecule has 2 aliphatic rings. The van der Waals surface area contributed by atoms with Crippen molar-refractivity contribution in [2.45, 2.75) is 32.4 Å². The zero-order chi connectivity index (χ0) is 22.3. The zero-order valence-corrected chi connectivity index (χ0v) is 20.8. The molecule has 31 heavy (non-hydrogen) atoms. The minimum atomic E-state index is -0.506. The number of halogens is 3. The highest BCUT2D eigenvalue weighted by Crippen LogP contribution is 2.42. The van der Waals surface area contributed by atoms with E-state index >= 15 is 0 Å². The van der Waals surface area contributed by atoms with E-state index in [-0.39, 0.29) is 12.1 Å². The number of hydrogen-bond acceptors (Lipinski definition) is 4. The van der Waals surface area contributed by atoms with Gasteiger partial charge in [-0.2, -0.15) is 0 Å². The van der Waals surface area contributed by atoms with E-state index in [9.17, 15) is 4.79 Å². The van der Waals surface area contributed by atoms with Crippen LogP contribution in [0.25, 0.3) is 10.6 Å². The maximum atomic E-state index is 12.5. The van der Waals surface area contributed by atoms with Crippen LogP contribution in [-0.4, -0.2) is 52.7 Å². The molecule has 0 saturated carbocycles. The number of carbonyl (C=O) groups is 1. The van der Waals surface area contributed by atoms with Gasteiger partial charge in [-0.05, 0) is 56.2 Å². The number of ether oxygens (including phenoxy) is 1. The summed E-state index contributed by atoms with van der Waals surface area (Å²) in [6.45, 7) is 8.23. The second-order valence-electron chi connectivity index (χ2n) is 8.76. The van der Waals surface area contributed by atoms with Crippen LogP contribution in [0.15, 0.2) is 30.5 Å². The van der Waals surface area contributed by atoms with Gasteiger partial charge in [0.2, 0.25) is 0 Å². The summed E-state index contributed by atoms with van der Waals surface area (Å²) < 4.78 is 6.48. The number of aromatic nitrogens is 1. The van der Waals surface area contributed by atoms with Gasteiger partial charge in [0.1, 0.15) is 5.60 Å². The Labute approximate surface area is 201 Å². The molecule has 5 nitrogen and oxygen atoms in total. The number of amides is 1. The average Bonchev–Trinajstić information content (AvgIpc) is 2.80. The highest BCUT2D eigenvalue weighted by molar-refractivity contribution is 9.15. The Hall–Kier alpha value is -1.60. The molecule has 1 aliphatic heterocycles. The van der Waals surface area contributed by atoms with Crippen molar-refractivity contribution < 1.29 is 9.53 Å². The first kappa shape index (κ1) is 22.6. The molecule has 1 saturated heterocycles. The van der Waals surface area contributed by atoms with Crippen molar-refractivity contribution in [3.63, 3.8) is 0 Å². The van der Waals surface area contributed by atoms with Gasteiger partial charge in [-0.1, -0.05) is 45.2 Å². The summed E-state index contributed by atoms with van der Waals surface area (Å²) in [5.74, 6) is 0. The van der Waals surface area contributed by atoms with Gasteiger partial charge in [0.25, 0.3) is 0 Å². The lowest BCUT2D eigenvalue weighted by Crippen LogP contribution is -2.51. The quantitative estimate of drug-likeness (QED) is 0.443. The third-order valence-electron chi connectivity index (χ3n) is 5.36.